The van der Waals surface area contributed by atoms with Crippen LogP contribution in [0.15, 0.2) is 24.3 Å². The second-order valence-corrected chi connectivity index (χ2v) is 7.55. The summed E-state index contributed by atoms with van der Waals surface area (Å²) in [6, 6.07) is 8.32. The number of hydrogen-bond acceptors (Lipinski definition) is 5. The van der Waals surface area contributed by atoms with Crippen LogP contribution in [0.1, 0.15) is 39.5 Å². The van der Waals surface area contributed by atoms with Gasteiger partial charge in [-0.2, -0.15) is 5.10 Å². The van der Waals surface area contributed by atoms with Gasteiger partial charge in [0.2, 0.25) is 11.0 Å². The number of aryl methyl sites for hydroxylation is 3. The summed E-state index contributed by atoms with van der Waals surface area (Å²) >= 11 is 1.42. The molecule has 0 atom stereocenters. The first-order valence-corrected chi connectivity index (χ1v) is 9.41. The highest BCUT2D eigenvalue weighted by molar-refractivity contribution is 7.15. The SMILES string of the molecule is Cc1cccc(Cc2nnc(NC(=O)CCc3c(C)nn(C)c3C)s2)c1. The number of nitrogens with one attached hydrogen (secondary N) is 1. The number of anilines is 1. The first kappa shape index (κ1) is 18.3. The first-order valence-electron chi connectivity index (χ1n) is 8.59. The third kappa shape index (κ3) is 4.35. The van der Waals surface area contributed by atoms with Gasteiger partial charge in [0.25, 0.3) is 0 Å². The second kappa shape index (κ2) is 7.78. The molecule has 26 heavy (non-hydrogen) atoms. The Bertz CT molecular complexity index is 928. The predicted octanol–water partition coefficient (Wildman–Crippen LogP) is 3.36. The van der Waals surface area contributed by atoms with Crippen LogP contribution in [0.4, 0.5) is 5.13 Å². The van der Waals surface area contributed by atoms with E-state index in [0.717, 1.165) is 28.4 Å². The molecule has 6 nitrogen and oxygen atoms in total. The zero-order chi connectivity index (χ0) is 18.7. The van der Waals surface area contributed by atoms with Crippen LogP contribution >= 0.6 is 11.3 Å². The highest BCUT2D eigenvalue weighted by atomic mass is 32.1. The van der Waals surface area contributed by atoms with Gasteiger partial charge < -0.3 is 5.32 Å². The van der Waals surface area contributed by atoms with Gasteiger partial charge in [-0.05, 0) is 38.3 Å². The van der Waals surface area contributed by atoms with Crippen molar-refractivity contribution in [3.63, 3.8) is 0 Å². The molecule has 0 saturated carbocycles. The summed E-state index contributed by atoms with van der Waals surface area (Å²) in [5.74, 6) is -0.0501. The third-order valence-electron chi connectivity index (χ3n) is 4.41. The van der Waals surface area contributed by atoms with Crippen LogP contribution in [0, 0.1) is 20.8 Å². The van der Waals surface area contributed by atoms with Gasteiger partial charge in [0, 0.05) is 25.6 Å². The van der Waals surface area contributed by atoms with Crippen molar-refractivity contribution in [2.75, 3.05) is 5.32 Å². The van der Waals surface area contributed by atoms with Crippen LogP contribution in [0.5, 0.6) is 0 Å². The molecular formula is C19H23N5OS. The molecule has 0 aliphatic heterocycles. The average molecular weight is 369 g/mol. The Labute approximate surface area is 157 Å². The number of hydrogen-bond donors (Lipinski definition) is 1. The zero-order valence-corrected chi connectivity index (χ0v) is 16.4. The molecule has 0 spiro atoms. The van der Waals surface area contributed by atoms with Crippen LogP contribution < -0.4 is 5.32 Å². The maximum Gasteiger partial charge on any atom is 0.226 e. The lowest BCUT2D eigenvalue weighted by Crippen LogP contribution is -2.12. The molecule has 1 amide bonds. The summed E-state index contributed by atoms with van der Waals surface area (Å²) in [5, 5.41) is 17.0. The summed E-state index contributed by atoms with van der Waals surface area (Å²) in [6.07, 6.45) is 1.80. The van der Waals surface area contributed by atoms with Crippen LogP contribution in [-0.2, 0) is 24.7 Å². The minimum absolute atomic E-state index is 0.0501. The van der Waals surface area contributed by atoms with Crippen molar-refractivity contribution in [1.29, 1.82) is 0 Å². The highest BCUT2D eigenvalue weighted by Crippen LogP contribution is 2.20. The molecule has 0 fully saturated rings. The Kier molecular flexibility index (Phi) is 5.46. The zero-order valence-electron chi connectivity index (χ0n) is 15.5. The lowest BCUT2D eigenvalue weighted by molar-refractivity contribution is -0.116. The molecule has 3 aromatic rings. The predicted molar refractivity (Wildman–Crippen MR) is 104 cm³/mol. The summed E-state index contributed by atoms with van der Waals surface area (Å²) in [6.45, 7) is 6.07. The Hall–Kier alpha value is -2.54. The van der Waals surface area contributed by atoms with E-state index in [2.05, 4.69) is 45.7 Å². The number of nitrogens with zero attached hydrogens (tertiary/aromatic N) is 4. The lowest BCUT2D eigenvalue weighted by Gasteiger charge is -2.02. The molecule has 0 aliphatic carbocycles. The molecule has 2 aromatic heterocycles. The van der Waals surface area contributed by atoms with Gasteiger partial charge in [-0.15, -0.1) is 10.2 Å². The van der Waals surface area contributed by atoms with Crippen molar-refractivity contribution in [3.05, 3.63) is 57.4 Å². The van der Waals surface area contributed by atoms with E-state index in [1.54, 1.807) is 0 Å². The summed E-state index contributed by atoms with van der Waals surface area (Å²) in [7, 11) is 1.92. The fourth-order valence-corrected chi connectivity index (χ4v) is 3.76. The van der Waals surface area contributed by atoms with E-state index in [1.165, 1.54) is 22.5 Å². The van der Waals surface area contributed by atoms with Crippen molar-refractivity contribution in [2.45, 2.75) is 40.0 Å². The van der Waals surface area contributed by atoms with E-state index in [-0.39, 0.29) is 5.91 Å². The van der Waals surface area contributed by atoms with Gasteiger partial charge in [-0.3, -0.25) is 9.48 Å². The summed E-state index contributed by atoms with van der Waals surface area (Å²) in [5.41, 5.74) is 5.64. The number of amides is 1. The molecule has 0 radical (unpaired) electrons. The van der Waals surface area contributed by atoms with Crippen LogP contribution in [0.2, 0.25) is 0 Å². The monoisotopic (exact) mass is 369 g/mol. The topological polar surface area (TPSA) is 72.7 Å². The maximum atomic E-state index is 12.2. The van der Waals surface area contributed by atoms with Crippen molar-refractivity contribution in [2.24, 2.45) is 7.05 Å². The molecule has 136 valence electrons. The number of carbonyl (C=O) groups is 1. The molecule has 0 unspecified atom stereocenters. The quantitative estimate of drug-likeness (QED) is 0.723. The van der Waals surface area contributed by atoms with E-state index in [9.17, 15) is 4.79 Å². The fraction of sp³-hybridized carbons (Fsp3) is 0.368. The minimum atomic E-state index is -0.0501. The average Bonchev–Trinajstić information content (AvgIpc) is 3.10. The Balaban J connectivity index is 1.56. The van der Waals surface area contributed by atoms with Gasteiger partial charge in [-0.25, -0.2) is 0 Å². The molecule has 7 heteroatoms. The lowest BCUT2D eigenvalue weighted by atomic mass is 10.1. The normalized spacial score (nSPS) is 10.9. The summed E-state index contributed by atoms with van der Waals surface area (Å²) in [4.78, 5) is 12.2. The molecule has 0 bridgehead atoms. The molecule has 3 rings (SSSR count). The molecule has 0 aliphatic rings. The van der Waals surface area contributed by atoms with Gasteiger partial charge in [0.1, 0.15) is 5.01 Å². The largest absolute Gasteiger partial charge is 0.301 e. The molecule has 1 aromatic carbocycles. The summed E-state index contributed by atoms with van der Waals surface area (Å²) < 4.78 is 1.85. The van der Waals surface area contributed by atoms with Crippen LogP contribution in [0.3, 0.4) is 0 Å². The second-order valence-electron chi connectivity index (χ2n) is 6.49. The number of carbonyl (C=O) groups excluding carboxylic acids is 1. The van der Waals surface area contributed by atoms with Gasteiger partial charge in [-0.1, -0.05) is 41.2 Å². The van der Waals surface area contributed by atoms with E-state index >= 15 is 0 Å². The number of rotatable bonds is 6. The van der Waals surface area contributed by atoms with Crippen molar-refractivity contribution in [3.8, 4) is 0 Å². The first-order chi connectivity index (χ1) is 12.4. The fourth-order valence-electron chi connectivity index (χ4n) is 2.97. The Morgan fingerprint density at radius 2 is 2.04 bits per heavy atom. The van der Waals surface area contributed by atoms with Crippen molar-refractivity contribution >= 4 is 22.4 Å². The minimum Gasteiger partial charge on any atom is -0.301 e. The standard InChI is InChI=1S/C19H23N5OS/c1-12-6-5-7-15(10-12)11-18-21-22-19(26-18)20-17(25)9-8-16-13(2)23-24(4)14(16)3/h5-7,10H,8-9,11H2,1-4H3,(H,20,22,25). The maximum absolute atomic E-state index is 12.2. The molecule has 1 N–H and O–H groups in total. The van der Waals surface area contributed by atoms with Crippen LogP contribution in [-0.4, -0.2) is 25.9 Å². The van der Waals surface area contributed by atoms with Crippen molar-refractivity contribution < 1.29 is 4.79 Å². The Morgan fingerprint density at radius 1 is 1.23 bits per heavy atom. The molecule has 2 heterocycles. The highest BCUT2D eigenvalue weighted by Gasteiger charge is 2.13. The Morgan fingerprint density at radius 3 is 2.73 bits per heavy atom. The van der Waals surface area contributed by atoms with Crippen molar-refractivity contribution in [1.82, 2.24) is 20.0 Å². The smallest absolute Gasteiger partial charge is 0.226 e. The number of aromatic nitrogens is 4. The third-order valence-corrected chi connectivity index (χ3v) is 5.25. The van der Waals surface area contributed by atoms with Gasteiger partial charge in [0.05, 0.1) is 5.69 Å². The van der Waals surface area contributed by atoms with Crippen LogP contribution in [0.25, 0.3) is 0 Å². The number of benzene rings is 1. The molecular weight excluding hydrogens is 346 g/mol. The van der Waals surface area contributed by atoms with E-state index in [0.29, 0.717) is 18.0 Å². The van der Waals surface area contributed by atoms with E-state index in [1.807, 2.05) is 31.6 Å². The van der Waals surface area contributed by atoms with Gasteiger partial charge >= 0.3 is 0 Å². The van der Waals surface area contributed by atoms with E-state index < -0.39 is 0 Å². The molecule has 0 saturated heterocycles. The van der Waals surface area contributed by atoms with Gasteiger partial charge in [0.15, 0.2) is 0 Å². The van der Waals surface area contributed by atoms with E-state index in [4.69, 9.17) is 0 Å².